The number of fused-ring (bicyclic) bond motifs is 1. The molecular weight excluding hydrogens is 312 g/mol. The van der Waals surface area contributed by atoms with Crippen molar-refractivity contribution in [2.75, 3.05) is 24.6 Å². The van der Waals surface area contributed by atoms with Gasteiger partial charge in [0.25, 0.3) is 5.91 Å². The summed E-state index contributed by atoms with van der Waals surface area (Å²) in [6.07, 6.45) is 1.70. The number of nitrogens with zero attached hydrogens (tertiary/aromatic N) is 2. The fraction of sp³-hybridized carbons (Fsp3) is 0.471. The highest BCUT2D eigenvalue weighted by Gasteiger charge is 2.31. The van der Waals surface area contributed by atoms with Gasteiger partial charge in [-0.3, -0.25) is 14.4 Å². The second kappa shape index (κ2) is 6.90. The number of hydrogen-bond donors (Lipinski definition) is 1. The van der Waals surface area contributed by atoms with Gasteiger partial charge in [-0.05, 0) is 25.0 Å². The first-order valence-corrected chi connectivity index (χ1v) is 8.09. The molecule has 24 heavy (non-hydrogen) atoms. The molecule has 0 aliphatic carbocycles. The van der Waals surface area contributed by atoms with Crippen LogP contribution in [0.25, 0.3) is 0 Å². The second-order valence-electron chi connectivity index (χ2n) is 6.03. The van der Waals surface area contributed by atoms with Crippen molar-refractivity contribution in [1.29, 1.82) is 0 Å². The molecule has 2 amide bonds. The maximum atomic E-state index is 12.5. The zero-order chi connectivity index (χ0) is 17.1. The Morgan fingerprint density at radius 2 is 2.08 bits per heavy atom. The number of para-hydroxylation sites is 2. The van der Waals surface area contributed by atoms with Crippen LogP contribution in [0.5, 0.6) is 5.75 Å². The van der Waals surface area contributed by atoms with Crippen LogP contribution in [0, 0.1) is 0 Å². The third-order valence-corrected chi connectivity index (χ3v) is 4.47. The van der Waals surface area contributed by atoms with E-state index >= 15 is 0 Å². The smallest absolute Gasteiger partial charge is 0.305 e. The quantitative estimate of drug-likeness (QED) is 0.877. The zero-order valence-electron chi connectivity index (χ0n) is 13.3. The lowest BCUT2D eigenvalue weighted by Crippen LogP contribution is -2.43. The SMILES string of the molecule is O=C(O)CC1CCCN1C(=O)CCN1C(=O)COc2ccccc21. The molecule has 0 radical (unpaired) electrons. The van der Waals surface area contributed by atoms with Gasteiger partial charge in [0.1, 0.15) is 5.75 Å². The Kier molecular flexibility index (Phi) is 4.69. The maximum absolute atomic E-state index is 12.5. The third kappa shape index (κ3) is 3.34. The van der Waals surface area contributed by atoms with Crippen LogP contribution in [0.2, 0.25) is 0 Å². The van der Waals surface area contributed by atoms with Crippen molar-refractivity contribution in [1.82, 2.24) is 4.90 Å². The van der Waals surface area contributed by atoms with Crippen molar-refractivity contribution in [3.05, 3.63) is 24.3 Å². The van der Waals surface area contributed by atoms with E-state index in [2.05, 4.69) is 0 Å². The van der Waals surface area contributed by atoms with Gasteiger partial charge in [0.15, 0.2) is 6.61 Å². The van der Waals surface area contributed by atoms with Gasteiger partial charge in [-0.25, -0.2) is 0 Å². The van der Waals surface area contributed by atoms with E-state index in [1.54, 1.807) is 21.9 Å². The molecule has 2 aliphatic rings. The summed E-state index contributed by atoms with van der Waals surface area (Å²) in [5, 5.41) is 8.95. The average molecular weight is 332 g/mol. The molecule has 0 bridgehead atoms. The van der Waals surface area contributed by atoms with E-state index in [4.69, 9.17) is 9.84 Å². The molecule has 1 unspecified atom stereocenters. The number of rotatable bonds is 5. The number of aliphatic carboxylic acids is 1. The molecule has 1 N–H and O–H groups in total. The van der Waals surface area contributed by atoms with Gasteiger partial charge in [-0.2, -0.15) is 0 Å². The molecule has 2 aliphatic heterocycles. The monoisotopic (exact) mass is 332 g/mol. The number of amides is 2. The number of carboxylic acids is 1. The van der Waals surface area contributed by atoms with E-state index in [-0.39, 0.29) is 43.8 Å². The molecule has 1 atom stereocenters. The van der Waals surface area contributed by atoms with Crippen molar-refractivity contribution in [2.45, 2.75) is 31.7 Å². The van der Waals surface area contributed by atoms with Crippen LogP contribution in [-0.4, -0.2) is 53.5 Å². The predicted octanol–water partition coefficient (Wildman–Crippen LogP) is 1.27. The topological polar surface area (TPSA) is 87.2 Å². The summed E-state index contributed by atoms with van der Waals surface area (Å²) in [6, 6.07) is 7.00. The standard InChI is InChI=1S/C17H20N2O5/c20-15(18-8-3-4-12(18)10-17(22)23)7-9-19-13-5-1-2-6-14(13)24-11-16(19)21/h1-2,5-6,12H,3-4,7-11H2,(H,22,23). The lowest BCUT2D eigenvalue weighted by molar-refractivity contribution is -0.139. The van der Waals surface area contributed by atoms with E-state index in [1.807, 2.05) is 12.1 Å². The molecule has 3 rings (SSSR count). The number of benzene rings is 1. The summed E-state index contributed by atoms with van der Waals surface area (Å²) < 4.78 is 5.38. The molecular formula is C17H20N2O5. The molecule has 1 aromatic carbocycles. The Balaban J connectivity index is 1.64. The molecule has 7 nitrogen and oxygen atoms in total. The first-order valence-electron chi connectivity index (χ1n) is 8.09. The number of ether oxygens (including phenoxy) is 1. The summed E-state index contributed by atoms with van der Waals surface area (Å²) in [4.78, 5) is 38.7. The Morgan fingerprint density at radius 3 is 2.88 bits per heavy atom. The maximum Gasteiger partial charge on any atom is 0.305 e. The number of carbonyl (C=O) groups excluding carboxylic acids is 2. The highest BCUT2D eigenvalue weighted by atomic mass is 16.5. The Morgan fingerprint density at radius 1 is 1.29 bits per heavy atom. The molecule has 2 heterocycles. The Labute approximate surface area is 139 Å². The third-order valence-electron chi connectivity index (χ3n) is 4.47. The normalized spacial score (nSPS) is 19.8. The van der Waals surface area contributed by atoms with Gasteiger partial charge >= 0.3 is 5.97 Å². The highest BCUT2D eigenvalue weighted by Crippen LogP contribution is 2.31. The number of carboxylic acid groups (broad SMARTS) is 1. The molecule has 0 aromatic heterocycles. The van der Waals surface area contributed by atoms with Gasteiger partial charge in [-0.15, -0.1) is 0 Å². The van der Waals surface area contributed by atoms with Crippen molar-refractivity contribution in [2.24, 2.45) is 0 Å². The van der Waals surface area contributed by atoms with Crippen LogP contribution in [0.1, 0.15) is 25.7 Å². The molecule has 128 valence electrons. The zero-order valence-corrected chi connectivity index (χ0v) is 13.3. The predicted molar refractivity (Wildman–Crippen MR) is 85.9 cm³/mol. The lowest BCUT2D eigenvalue weighted by atomic mass is 10.1. The van der Waals surface area contributed by atoms with Crippen LogP contribution >= 0.6 is 0 Å². The van der Waals surface area contributed by atoms with Crippen LogP contribution < -0.4 is 9.64 Å². The van der Waals surface area contributed by atoms with Crippen LogP contribution in [0.3, 0.4) is 0 Å². The van der Waals surface area contributed by atoms with Gasteiger partial charge in [0.2, 0.25) is 5.91 Å². The van der Waals surface area contributed by atoms with Gasteiger partial charge in [0, 0.05) is 25.6 Å². The van der Waals surface area contributed by atoms with Crippen molar-refractivity contribution < 1.29 is 24.2 Å². The van der Waals surface area contributed by atoms with Crippen LogP contribution in [0.15, 0.2) is 24.3 Å². The summed E-state index contributed by atoms with van der Waals surface area (Å²) in [7, 11) is 0. The first-order chi connectivity index (χ1) is 11.6. The minimum Gasteiger partial charge on any atom is -0.482 e. The summed E-state index contributed by atoms with van der Waals surface area (Å²) in [6.45, 7) is 0.829. The van der Waals surface area contributed by atoms with Gasteiger partial charge in [-0.1, -0.05) is 12.1 Å². The summed E-state index contributed by atoms with van der Waals surface area (Å²) in [5.74, 6) is -0.535. The highest BCUT2D eigenvalue weighted by molar-refractivity contribution is 5.98. The molecule has 1 saturated heterocycles. The fourth-order valence-corrected chi connectivity index (χ4v) is 3.33. The average Bonchev–Trinajstić information content (AvgIpc) is 3.01. The lowest BCUT2D eigenvalue weighted by Gasteiger charge is -2.30. The van der Waals surface area contributed by atoms with Crippen molar-refractivity contribution in [3.8, 4) is 5.75 Å². The van der Waals surface area contributed by atoms with E-state index in [0.29, 0.717) is 18.0 Å². The number of anilines is 1. The van der Waals surface area contributed by atoms with E-state index in [9.17, 15) is 14.4 Å². The minimum absolute atomic E-state index is 0.0228. The number of likely N-dealkylation sites (tertiary alicyclic amines) is 1. The molecule has 7 heteroatoms. The minimum atomic E-state index is -0.892. The number of carbonyl (C=O) groups is 3. The fourth-order valence-electron chi connectivity index (χ4n) is 3.33. The molecule has 1 fully saturated rings. The Bertz CT molecular complexity index is 660. The van der Waals surface area contributed by atoms with Gasteiger partial charge in [0.05, 0.1) is 12.1 Å². The van der Waals surface area contributed by atoms with E-state index < -0.39 is 5.97 Å². The van der Waals surface area contributed by atoms with Gasteiger partial charge < -0.3 is 19.6 Å². The van der Waals surface area contributed by atoms with Crippen molar-refractivity contribution in [3.63, 3.8) is 0 Å². The molecule has 0 saturated carbocycles. The van der Waals surface area contributed by atoms with Crippen LogP contribution in [0.4, 0.5) is 5.69 Å². The molecule has 0 spiro atoms. The Hall–Kier alpha value is -2.57. The largest absolute Gasteiger partial charge is 0.482 e. The first kappa shape index (κ1) is 16.3. The van der Waals surface area contributed by atoms with Crippen molar-refractivity contribution >= 4 is 23.5 Å². The second-order valence-corrected chi connectivity index (χ2v) is 6.03. The van der Waals surface area contributed by atoms with E-state index in [0.717, 1.165) is 12.8 Å². The van der Waals surface area contributed by atoms with E-state index in [1.165, 1.54) is 0 Å². The summed E-state index contributed by atoms with van der Waals surface area (Å²) in [5.41, 5.74) is 0.671. The summed E-state index contributed by atoms with van der Waals surface area (Å²) >= 11 is 0. The molecule has 1 aromatic rings. The number of hydrogen-bond acceptors (Lipinski definition) is 4. The van der Waals surface area contributed by atoms with Crippen LogP contribution in [-0.2, 0) is 14.4 Å².